The molecule has 0 saturated carbocycles. The Morgan fingerprint density at radius 2 is 1.68 bits per heavy atom. The first kappa shape index (κ1) is 28.1. The Balaban J connectivity index is 2.09. The van der Waals surface area contributed by atoms with E-state index in [9.17, 15) is 13.2 Å². The molecule has 190 valence electrons. The van der Waals surface area contributed by atoms with Gasteiger partial charge in [0.1, 0.15) is 11.5 Å². The topological polar surface area (TPSA) is 80.1 Å². The van der Waals surface area contributed by atoms with Crippen molar-refractivity contribution in [3.8, 4) is 0 Å². The number of unbranched alkanes of at least 4 members (excludes halogenated alkanes) is 5. The summed E-state index contributed by atoms with van der Waals surface area (Å²) < 4.78 is 38.3. The molecule has 0 aliphatic heterocycles. The van der Waals surface area contributed by atoms with Gasteiger partial charge in [-0.15, -0.1) is 0 Å². The first-order valence-corrected chi connectivity index (χ1v) is 13.8. The van der Waals surface area contributed by atoms with E-state index in [2.05, 4.69) is 6.92 Å². The lowest BCUT2D eigenvalue weighted by Crippen LogP contribution is -2.44. The molecular weight excluding hydrogens is 452 g/mol. The third-order valence-corrected chi connectivity index (χ3v) is 7.62. The summed E-state index contributed by atoms with van der Waals surface area (Å²) >= 11 is 0. The fraction of sp³-hybridized carbons (Fsp3) is 0.577. The van der Waals surface area contributed by atoms with E-state index in [1.165, 1.54) is 17.8 Å². The van der Waals surface area contributed by atoms with Crippen LogP contribution in [0.1, 0.15) is 62.5 Å². The zero-order chi connectivity index (χ0) is 24.8. The number of nitrogens with zero attached hydrogens (tertiary/aromatic N) is 2. The first-order valence-electron chi connectivity index (χ1n) is 12.2. The Morgan fingerprint density at radius 3 is 2.32 bits per heavy atom. The highest BCUT2D eigenvalue weighted by Crippen LogP contribution is 2.15. The maximum absolute atomic E-state index is 13.4. The molecule has 0 aliphatic rings. The smallest absolute Gasteiger partial charge is 0.238 e. The lowest BCUT2D eigenvalue weighted by molar-refractivity contribution is -0.133. The third kappa shape index (κ3) is 9.99. The van der Waals surface area contributed by atoms with Crippen molar-refractivity contribution in [2.24, 2.45) is 0 Å². The molecule has 1 heterocycles. The second kappa shape index (κ2) is 15.0. The van der Waals surface area contributed by atoms with Crippen molar-refractivity contribution in [1.82, 2.24) is 9.21 Å². The molecule has 1 aromatic carbocycles. The Labute approximate surface area is 205 Å². The lowest BCUT2D eigenvalue weighted by atomic mass is 10.1. The standard InChI is InChI=1S/C26H40N2O5S/c1-4-5-6-7-8-12-19-34(30,31)28(17-18-32-3)22-26(29)27(20-24-13-10-9-11-14-24)21-25-16-15-23(2)33-25/h9-11,13-16H,4-8,12,17-22H2,1-3H3. The lowest BCUT2D eigenvalue weighted by Gasteiger charge is -2.27. The highest BCUT2D eigenvalue weighted by molar-refractivity contribution is 7.89. The van der Waals surface area contributed by atoms with Crippen molar-refractivity contribution in [1.29, 1.82) is 0 Å². The van der Waals surface area contributed by atoms with E-state index >= 15 is 0 Å². The predicted molar refractivity (Wildman–Crippen MR) is 135 cm³/mol. The number of ether oxygens (including phenoxy) is 1. The Morgan fingerprint density at radius 1 is 0.971 bits per heavy atom. The fourth-order valence-electron chi connectivity index (χ4n) is 3.75. The molecule has 0 unspecified atom stereocenters. The van der Waals surface area contributed by atoms with Gasteiger partial charge in [-0.2, -0.15) is 4.31 Å². The summed E-state index contributed by atoms with van der Waals surface area (Å²) in [6.45, 7) is 4.83. The average molecular weight is 493 g/mol. The zero-order valence-corrected chi connectivity index (χ0v) is 21.7. The van der Waals surface area contributed by atoms with Crippen LogP contribution in [0, 0.1) is 6.92 Å². The van der Waals surface area contributed by atoms with Gasteiger partial charge in [0.05, 0.1) is 25.4 Å². The highest BCUT2D eigenvalue weighted by Gasteiger charge is 2.27. The minimum atomic E-state index is -3.58. The monoisotopic (exact) mass is 492 g/mol. The Hall–Kier alpha value is -2.16. The molecule has 0 N–H and O–H groups in total. The van der Waals surface area contributed by atoms with Crippen molar-refractivity contribution in [2.45, 2.75) is 65.5 Å². The van der Waals surface area contributed by atoms with Crippen LogP contribution in [0.25, 0.3) is 0 Å². The van der Waals surface area contributed by atoms with Crippen molar-refractivity contribution in [2.75, 3.05) is 32.6 Å². The average Bonchev–Trinajstić information content (AvgIpc) is 3.23. The van der Waals surface area contributed by atoms with Gasteiger partial charge in [0.2, 0.25) is 15.9 Å². The second-order valence-electron chi connectivity index (χ2n) is 8.66. The van der Waals surface area contributed by atoms with Crippen LogP contribution in [-0.2, 0) is 32.6 Å². The van der Waals surface area contributed by atoms with Gasteiger partial charge < -0.3 is 14.1 Å². The fourth-order valence-corrected chi connectivity index (χ4v) is 5.24. The van der Waals surface area contributed by atoms with E-state index < -0.39 is 10.0 Å². The molecule has 8 heteroatoms. The molecule has 2 aromatic rings. The third-order valence-electron chi connectivity index (χ3n) is 5.72. The van der Waals surface area contributed by atoms with Crippen LogP contribution in [0.3, 0.4) is 0 Å². The molecule has 2 rings (SSSR count). The minimum Gasteiger partial charge on any atom is -0.464 e. The summed E-state index contributed by atoms with van der Waals surface area (Å²) in [5, 5.41) is 0. The van der Waals surface area contributed by atoms with Crippen molar-refractivity contribution in [3.63, 3.8) is 0 Å². The molecule has 7 nitrogen and oxygen atoms in total. The van der Waals surface area contributed by atoms with E-state index in [0.717, 1.165) is 37.0 Å². The van der Waals surface area contributed by atoms with Gasteiger partial charge in [-0.3, -0.25) is 4.79 Å². The molecular formula is C26H40N2O5S. The number of sulfonamides is 1. The number of carbonyl (C=O) groups excluding carboxylic acids is 1. The first-order chi connectivity index (χ1) is 16.4. The molecule has 0 spiro atoms. The normalized spacial score (nSPS) is 11.8. The van der Waals surface area contributed by atoms with Gasteiger partial charge in [0, 0.05) is 20.2 Å². The number of aryl methyl sites for hydroxylation is 1. The molecule has 0 radical (unpaired) electrons. The molecule has 1 amide bonds. The minimum absolute atomic E-state index is 0.0478. The van der Waals surface area contributed by atoms with Crippen molar-refractivity contribution < 1.29 is 22.4 Å². The number of rotatable bonds is 17. The second-order valence-corrected chi connectivity index (χ2v) is 10.7. The summed E-state index contributed by atoms with van der Waals surface area (Å²) in [5.74, 6) is 1.22. The maximum atomic E-state index is 13.4. The van der Waals surface area contributed by atoms with Gasteiger partial charge in [-0.1, -0.05) is 69.4 Å². The molecule has 1 aromatic heterocycles. The largest absolute Gasteiger partial charge is 0.464 e. The van der Waals surface area contributed by atoms with Gasteiger partial charge in [-0.05, 0) is 31.0 Å². The van der Waals surface area contributed by atoms with E-state index in [4.69, 9.17) is 9.15 Å². The summed E-state index contributed by atoms with van der Waals surface area (Å²) in [4.78, 5) is 15.0. The molecule has 0 bridgehead atoms. The number of carbonyl (C=O) groups is 1. The van der Waals surface area contributed by atoms with Crippen LogP contribution in [0.2, 0.25) is 0 Å². The Kier molecular flexibility index (Phi) is 12.4. The van der Waals surface area contributed by atoms with Crippen LogP contribution in [0.4, 0.5) is 0 Å². The molecule has 0 aliphatic carbocycles. The number of benzene rings is 1. The van der Waals surface area contributed by atoms with E-state index in [1.807, 2.05) is 49.4 Å². The number of amides is 1. The molecule has 0 saturated heterocycles. The van der Waals surface area contributed by atoms with Crippen LogP contribution in [0.5, 0.6) is 0 Å². The van der Waals surface area contributed by atoms with E-state index in [-0.39, 0.29) is 37.9 Å². The van der Waals surface area contributed by atoms with Crippen LogP contribution < -0.4 is 0 Å². The van der Waals surface area contributed by atoms with Gasteiger partial charge in [-0.25, -0.2) is 8.42 Å². The number of furan rings is 1. The predicted octanol–water partition coefficient (Wildman–Crippen LogP) is 4.76. The Bertz CT molecular complexity index is 943. The number of hydrogen-bond donors (Lipinski definition) is 0. The maximum Gasteiger partial charge on any atom is 0.238 e. The van der Waals surface area contributed by atoms with Crippen LogP contribution >= 0.6 is 0 Å². The van der Waals surface area contributed by atoms with Crippen LogP contribution in [-0.4, -0.2) is 56.1 Å². The van der Waals surface area contributed by atoms with Crippen molar-refractivity contribution >= 4 is 15.9 Å². The van der Waals surface area contributed by atoms with Crippen LogP contribution in [0.15, 0.2) is 46.9 Å². The summed E-state index contributed by atoms with van der Waals surface area (Å²) in [6, 6.07) is 13.4. The van der Waals surface area contributed by atoms with Gasteiger partial charge in [0.15, 0.2) is 0 Å². The summed E-state index contributed by atoms with van der Waals surface area (Å²) in [7, 11) is -2.05. The van der Waals surface area contributed by atoms with E-state index in [0.29, 0.717) is 18.7 Å². The summed E-state index contributed by atoms with van der Waals surface area (Å²) in [6.07, 6.45) is 5.97. The number of hydrogen-bond acceptors (Lipinski definition) is 5. The van der Waals surface area contributed by atoms with Gasteiger partial charge in [0.25, 0.3) is 0 Å². The summed E-state index contributed by atoms with van der Waals surface area (Å²) in [5.41, 5.74) is 0.970. The zero-order valence-electron chi connectivity index (χ0n) is 20.9. The van der Waals surface area contributed by atoms with Gasteiger partial charge >= 0.3 is 0 Å². The quantitative estimate of drug-likeness (QED) is 0.298. The van der Waals surface area contributed by atoms with E-state index in [1.54, 1.807) is 4.90 Å². The molecule has 0 atom stereocenters. The SMILES string of the molecule is CCCCCCCCS(=O)(=O)N(CCOC)CC(=O)N(Cc1ccccc1)Cc1ccc(C)o1. The highest BCUT2D eigenvalue weighted by atomic mass is 32.2. The molecule has 0 fully saturated rings. The number of methoxy groups -OCH3 is 1. The molecule has 34 heavy (non-hydrogen) atoms. The van der Waals surface area contributed by atoms with Crippen molar-refractivity contribution in [3.05, 3.63) is 59.5 Å².